The molecular weight excluding hydrogens is 248 g/mol. The predicted octanol–water partition coefficient (Wildman–Crippen LogP) is 2.20. The Morgan fingerprint density at radius 2 is 2.15 bits per heavy atom. The second kappa shape index (κ2) is 5.75. The highest BCUT2D eigenvalue weighted by molar-refractivity contribution is 5.30. The van der Waals surface area contributed by atoms with Gasteiger partial charge in [0.2, 0.25) is 0 Å². The highest BCUT2D eigenvalue weighted by atomic mass is 15.4. The van der Waals surface area contributed by atoms with Crippen molar-refractivity contribution in [2.45, 2.75) is 38.1 Å². The van der Waals surface area contributed by atoms with Crippen molar-refractivity contribution in [1.82, 2.24) is 20.3 Å². The summed E-state index contributed by atoms with van der Waals surface area (Å²) >= 11 is 0. The summed E-state index contributed by atoms with van der Waals surface area (Å²) in [5.74, 6) is 0.466. The Kier molecular flexibility index (Phi) is 3.83. The molecular formula is C16H22N4. The number of nitrogens with zero attached hydrogens (tertiary/aromatic N) is 3. The first-order chi connectivity index (χ1) is 9.72. The van der Waals surface area contributed by atoms with Crippen LogP contribution in [0, 0.1) is 6.92 Å². The molecule has 106 valence electrons. The van der Waals surface area contributed by atoms with E-state index in [1.54, 1.807) is 4.68 Å². The predicted molar refractivity (Wildman–Crippen MR) is 79.7 cm³/mol. The van der Waals surface area contributed by atoms with Gasteiger partial charge in [-0.25, -0.2) is 0 Å². The summed E-state index contributed by atoms with van der Waals surface area (Å²) in [7, 11) is 1.92. The molecule has 0 spiro atoms. The van der Waals surface area contributed by atoms with Gasteiger partial charge in [0.1, 0.15) is 0 Å². The summed E-state index contributed by atoms with van der Waals surface area (Å²) < 4.78 is 1.78. The SMILES string of the molecule is Cc1ccccc1C(CNC1CC1)Cc1cn(C)nn1. The molecule has 1 aromatic heterocycles. The summed E-state index contributed by atoms with van der Waals surface area (Å²) in [6.07, 6.45) is 5.61. The minimum absolute atomic E-state index is 0.466. The number of nitrogens with one attached hydrogen (secondary N) is 1. The molecule has 1 N–H and O–H groups in total. The summed E-state index contributed by atoms with van der Waals surface area (Å²) in [5.41, 5.74) is 3.85. The van der Waals surface area contributed by atoms with Crippen molar-refractivity contribution in [3.8, 4) is 0 Å². The molecule has 1 fully saturated rings. The van der Waals surface area contributed by atoms with Crippen LogP contribution >= 0.6 is 0 Å². The average molecular weight is 270 g/mol. The van der Waals surface area contributed by atoms with E-state index in [-0.39, 0.29) is 0 Å². The zero-order chi connectivity index (χ0) is 13.9. The van der Waals surface area contributed by atoms with Gasteiger partial charge in [-0.15, -0.1) is 5.10 Å². The topological polar surface area (TPSA) is 42.7 Å². The van der Waals surface area contributed by atoms with Crippen LogP contribution in [0.4, 0.5) is 0 Å². The third kappa shape index (κ3) is 3.25. The van der Waals surface area contributed by atoms with E-state index in [1.165, 1.54) is 24.0 Å². The Labute approximate surface area is 120 Å². The van der Waals surface area contributed by atoms with Crippen molar-refractivity contribution >= 4 is 0 Å². The van der Waals surface area contributed by atoms with Gasteiger partial charge < -0.3 is 5.32 Å². The number of hydrogen-bond acceptors (Lipinski definition) is 3. The van der Waals surface area contributed by atoms with E-state index in [1.807, 2.05) is 13.2 Å². The van der Waals surface area contributed by atoms with Crippen molar-refractivity contribution in [3.63, 3.8) is 0 Å². The van der Waals surface area contributed by atoms with Gasteiger partial charge in [-0.3, -0.25) is 4.68 Å². The van der Waals surface area contributed by atoms with Crippen molar-refractivity contribution in [2.75, 3.05) is 6.54 Å². The molecule has 3 rings (SSSR count). The fraction of sp³-hybridized carbons (Fsp3) is 0.500. The first-order valence-electron chi connectivity index (χ1n) is 7.36. The van der Waals surface area contributed by atoms with Gasteiger partial charge >= 0.3 is 0 Å². The number of hydrogen-bond donors (Lipinski definition) is 1. The molecule has 0 amide bonds. The first kappa shape index (κ1) is 13.3. The van der Waals surface area contributed by atoms with Gasteiger partial charge in [-0.1, -0.05) is 29.5 Å². The van der Waals surface area contributed by atoms with Gasteiger partial charge in [0, 0.05) is 38.2 Å². The molecule has 1 unspecified atom stereocenters. The number of aromatic nitrogens is 3. The molecule has 1 atom stereocenters. The van der Waals surface area contributed by atoms with Gasteiger partial charge in [0.05, 0.1) is 5.69 Å². The van der Waals surface area contributed by atoms with Gasteiger partial charge in [0.25, 0.3) is 0 Å². The molecule has 2 aromatic rings. The fourth-order valence-corrected chi connectivity index (χ4v) is 2.67. The Bertz CT molecular complexity index is 571. The van der Waals surface area contributed by atoms with Gasteiger partial charge in [0.15, 0.2) is 0 Å². The smallest absolute Gasteiger partial charge is 0.0833 e. The lowest BCUT2D eigenvalue weighted by molar-refractivity contribution is 0.570. The molecule has 4 heteroatoms. The maximum absolute atomic E-state index is 4.24. The van der Waals surface area contributed by atoms with E-state index >= 15 is 0 Å². The molecule has 1 aliphatic carbocycles. The number of rotatable bonds is 6. The zero-order valence-corrected chi connectivity index (χ0v) is 12.2. The molecule has 0 saturated heterocycles. The van der Waals surface area contributed by atoms with Crippen molar-refractivity contribution in [2.24, 2.45) is 7.05 Å². The standard InChI is InChI=1S/C16H22N4/c1-12-5-3-4-6-16(12)13(10-17-14-7-8-14)9-15-11-20(2)19-18-15/h3-6,11,13-14,17H,7-10H2,1-2H3. The van der Waals surface area contributed by atoms with Crippen LogP contribution in [0.5, 0.6) is 0 Å². The molecule has 20 heavy (non-hydrogen) atoms. The highest BCUT2D eigenvalue weighted by Crippen LogP contribution is 2.25. The van der Waals surface area contributed by atoms with Crippen LogP contribution in [0.2, 0.25) is 0 Å². The van der Waals surface area contributed by atoms with Crippen LogP contribution in [-0.2, 0) is 13.5 Å². The second-order valence-corrected chi connectivity index (χ2v) is 5.82. The third-order valence-electron chi connectivity index (χ3n) is 3.96. The summed E-state index contributed by atoms with van der Waals surface area (Å²) in [6.45, 7) is 3.21. The van der Waals surface area contributed by atoms with Crippen LogP contribution in [0.1, 0.15) is 35.6 Å². The summed E-state index contributed by atoms with van der Waals surface area (Å²) in [5, 5.41) is 11.9. The van der Waals surface area contributed by atoms with E-state index in [4.69, 9.17) is 0 Å². The molecule has 0 aliphatic heterocycles. The molecule has 1 heterocycles. The van der Waals surface area contributed by atoms with Crippen LogP contribution in [0.15, 0.2) is 30.5 Å². The number of benzene rings is 1. The average Bonchev–Trinajstić information content (AvgIpc) is 3.18. The molecule has 0 bridgehead atoms. The van der Waals surface area contributed by atoms with Gasteiger partial charge in [-0.2, -0.15) is 0 Å². The van der Waals surface area contributed by atoms with Crippen LogP contribution < -0.4 is 5.32 Å². The van der Waals surface area contributed by atoms with Crippen LogP contribution in [0.25, 0.3) is 0 Å². The lowest BCUT2D eigenvalue weighted by Crippen LogP contribution is -2.25. The van der Waals surface area contributed by atoms with E-state index in [0.29, 0.717) is 5.92 Å². The fourth-order valence-electron chi connectivity index (χ4n) is 2.67. The Balaban J connectivity index is 1.77. The Hall–Kier alpha value is -1.68. The number of aryl methyl sites for hydroxylation is 2. The maximum atomic E-state index is 4.24. The van der Waals surface area contributed by atoms with Crippen molar-refractivity contribution in [1.29, 1.82) is 0 Å². The van der Waals surface area contributed by atoms with E-state index in [0.717, 1.165) is 24.7 Å². The minimum atomic E-state index is 0.466. The molecule has 1 aromatic carbocycles. The third-order valence-corrected chi connectivity index (χ3v) is 3.96. The lowest BCUT2D eigenvalue weighted by atomic mass is 9.91. The van der Waals surface area contributed by atoms with Crippen molar-refractivity contribution < 1.29 is 0 Å². The monoisotopic (exact) mass is 270 g/mol. The highest BCUT2D eigenvalue weighted by Gasteiger charge is 2.23. The quantitative estimate of drug-likeness (QED) is 0.875. The van der Waals surface area contributed by atoms with E-state index < -0.39 is 0 Å². The molecule has 1 saturated carbocycles. The lowest BCUT2D eigenvalue weighted by Gasteiger charge is -2.19. The van der Waals surface area contributed by atoms with E-state index in [2.05, 4.69) is 46.8 Å². The molecule has 4 nitrogen and oxygen atoms in total. The van der Waals surface area contributed by atoms with Gasteiger partial charge in [-0.05, 0) is 30.9 Å². The summed E-state index contributed by atoms with van der Waals surface area (Å²) in [4.78, 5) is 0. The largest absolute Gasteiger partial charge is 0.313 e. The second-order valence-electron chi connectivity index (χ2n) is 5.82. The minimum Gasteiger partial charge on any atom is -0.313 e. The molecule has 0 radical (unpaired) electrons. The zero-order valence-electron chi connectivity index (χ0n) is 12.2. The van der Waals surface area contributed by atoms with Crippen LogP contribution in [-0.4, -0.2) is 27.6 Å². The summed E-state index contributed by atoms with van der Waals surface area (Å²) in [6, 6.07) is 9.40. The van der Waals surface area contributed by atoms with Crippen LogP contribution in [0.3, 0.4) is 0 Å². The Morgan fingerprint density at radius 1 is 1.35 bits per heavy atom. The van der Waals surface area contributed by atoms with E-state index in [9.17, 15) is 0 Å². The maximum Gasteiger partial charge on any atom is 0.0833 e. The molecule has 1 aliphatic rings. The van der Waals surface area contributed by atoms with Crippen molar-refractivity contribution in [3.05, 3.63) is 47.3 Å². The first-order valence-corrected chi connectivity index (χ1v) is 7.36. The normalized spacial score (nSPS) is 16.3. The Morgan fingerprint density at radius 3 is 2.80 bits per heavy atom.